The van der Waals surface area contributed by atoms with Crippen molar-refractivity contribution in [1.29, 1.82) is 0 Å². The Hall–Kier alpha value is -1.67. The second-order valence-electron chi connectivity index (χ2n) is 25.8. The van der Waals surface area contributed by atoms with E-state index >= 15 is 0 Å². The van der Waals surface area contributed by atoms with Crippen molar-refractivity contribution >= 4 is 5.97 Å². The highest BCUT2D eigenvalue weighted by atomic mass is 16.8. The molecule has 31 unspecified atom stereocenters. The van der Waals surface area contributed by atoms with Gasteiger partial charge in [0.15, 0.2) is 31.3 Å². The molecule has 9 rings (SSSR count). The number of allylic oxidation sites excluding steroid dienone is 2. The number of aliphatic hydroxyl groups is 14. The van der Waals surface area contributed by atoms with E-state index in [1.54, 1.807) is 0 Å². The van der Waals surface area contributed by atoms with Gasteiger partial charge < -0.3 is 114 Å². The lowest BCUT2D eigenvalue weighted by molar-refractivity contribution is -0.396. The van der Waals surface area contributed by atoms with Gasteiger partial charge in [0.25, 0.3) is 0 Å². The molecule has 24 heteroatoms. The number of fused-ring (bicyclic) bond motifs is 7. The summed E-state index contributed by atoms with van der Waals surface area (Å²) in [7, 11) is 0. The summed E-state index contributed by atoms with van der Waals surface area (Å²) in [5, 5.41) is 164. The van der Waals surface area contributed by atoms with Gasteiger partial charge in [-0.3, -0.25) is 0 Å². The Bertz CT molecular complexity index is 2140. The van der Waals surface area contributed by atoms with E-state index in [1.807, 2.05) is 20.8 Å². The number of aliphatic carboxylic acids is 1. The number of carboxylic acids is 1. The predicted molar refractivity (Wildman–Crippen MR) is 260 cm³/mol. The number of ether oxygens (including phenoxy) is 8. The summed E-state index contributed by atoms with van der Waals surface area (Å²) in [4.78, 5) is 12.6. The van der Waals surface area contributed by atoms with Gasteiger partial charge in [-0.05, 0) is 92.3 Å². The molecule has 4 saturated carbocycles. The number of carbonyl (C=O) groups is 1. The lowest BCUT2D eigenvalue weighted by Gasteiger charge is -2.72. The van der Waals surface area contributed by atoms with Crippen LogP contribution >= 0.6 is 0 Å². The van der Waals surface area contributed by atoms with Crippen LogP contribution < -0.4 is 0 Å². The largest absolute Gasteiger partial charge is 0.479 e. The van der Waals surface area contributed by atoms with Gasteiger partial charge in [0.05, 0.1) is 50.8 Å². The van der Waals surface area contributed by atoms with E-state index in [0.29, 0.717) is 44.9 Å². The molecule has 15 N–H and O–H groups in total. The first-order valence-electron chi connectivity index (χ1n) is 27.5. The number of hydrogen-bond acceptors (Lipinski definition) is 23. The smallest absolute Gasteiger partial charge is 0.335 e. The van der Waals surface area contributed by atoms with Crippen LogP contribution in [0.15, 0.2) is 11.6 Å². The third kappa shape index (κ3) is 9.41. The molecule has 77 heavy (non-hydrogen) atoms. The van der Waals surface area contributed by atoms with Crippen molar-refractivity contribution in [3.8, 4) is 0 Å². The first-order valence-corrected chi connectivity index (χ1v) is 27.5. The fourth-order valence-electron chi connectivity index (χ4n) is 16.4. The van der Waals surface area contributed by atoms with Crippen LogP contribution in [-0.4, -0.2) is 244 Å². The molecule has 9 aliphatic rings. The summed E-state index contributed by atoms with van der Waals surface area (Å²) < 4.78 is 48.2. The van der Waals surface area contributed by atoms with Crippen LogP contribution in [0.4, 0.5) is 0 Å². The second kappa shape index (κ2) is 21.5. The van der Waals surface area contributed by atoms with Crippen molar-refractivity contribution in [2.75, 3.05) is 26.4 Å². The van der Waals surface area contributed by atoms with Gasteiger partial charge in [-0.25, -0.2) is 4.79 Å². The molecule has 4 saturated heterocycles. The minimum absolute atomic E-state index is 0.0650. The average molecular weight is 1110 g/mol. The molecule has 8 fully saturated rings. The van der Waals surface area contributed by atoms with Gasteiger partial charge in [-0.15, -0.1) is 0 Å². The number of aliphatic hydroxyl groups excluding tert-OH is 14. The summed E-state index contributed by atoms with van der Waals surface area (Å²) in [6.07, 6.45) is -28.8. The van der Waals surface area contributed by atoms with Gasteiger partial charge >= 0.3 is 5.97 Å². The van der Waals surface area contributed by atoms with E-state index in [-0.39, 0.29) is 48.4 Å². The van der Waals surface area contributed by atoms with Crippen LogP contribution in [0.3, 0.4) is 0 Å². The highest BCUT2D eigenvalue weighted by Crippen LogP contribution is 2.76. The number of carboxylic acid groups (broad SMARTS) is 1. The highest BCUT2D eigenvalue weighted by molar-refractivity contribution is 5.73. The summed E-state index contributed by atoms with van der Waals surface area (Å²) in [6, 6.07) is 0. The standard InChI is InChI=1S/C53H86O24/c1-21-29(58)32(61)37(66)45(71-21)75-39-33(62)31(60)25(17-54)72-46(39)76-40-35(64)34(63)38(43(68)69)74-47(40)73-28-11-12-50(4)26(51(28,5)20-56)10-13-53(7)27(50)9-8-22-23-16-48(2,19-55)42(41(67)49(23,3)14-15-52(22,53)6)77-44-36(65)30(59)24(57)18-70-44/h8,21,23-42,44-47,54-67H,9-20H2,1-7H3,(H,68,69). The molecular formula is C53H86O24. The zero-order chi connectivity index (χ0) is 56.4. The SMILES string of the molecule is CC1OC(OC2C(OC3C(OC4CCC5(C)C(CCC6(C)C5CC=C5C7CC(C)(CO)C(OC8OCC(O)C(O)C8O)C(O)C7(C)CCC56C)C4(C)CO)OC(C(=O)O)C(O)C3O)OC(CO)C(O)C2O)C(O)C(O)C1O. The molecule has 31 atom stereocenters. The molecule has 0 radical (unpaired) electrons. The summed E-state index contributed by atoms with van der Waals surface area (Å²) in [5.74, 6) is -1.96. The van der Waals surface area contributed by atoms with Crippen LogP contribution in [-0.2, 0) is 42.7 Å². The fraction of sp³-hybridized carbons (Fsp3) is 0.943. The third-order valence-electron chi connectivity index (χ3n) is 21.7. The zero-order valence-electron chi connectivity index (χ0n) is 44.9. The van der Waals surface area contributed by atoms with Crippen LogP contribution in [0.2, 0.25) is 0 Å². The van der Waals surface area contributed by atoms with Crippen molar-refractivity contribution in [1.82, 2.24) is 0 Å². The summed E-state index contributed by atoms with van der Waals surface area (Å²) in [5.41, 5.74) is -2.67. The molecule has 0 aromatic carbocycles. The minimum atomic E-state index is -2.12. The Morgan fingerprint density at radius 3 is 1.90 bits per heavy atom. The Kier molecular flexibility index (Phi) is 16.7. The highest BCUT2D eigenvalue weighted by Gasteiger charge is 2.71. The Balaban J connectivity index is 0.975. The van der Waals surface area contributed by atoms with Gasteiger partial charge in [0, 0.05) is 16.2 Å². The van der Waals surface area contributed by atoms with E-state index in [4.69, 9.17) is 37.9 Å². The predicted octanol–water partition coefficient (Wildman–Crippen LogP) is -2.89. The van der Waals surface area contributed by atoms with Gasteiger partial charge in [0.1, 0.15) is 79.4 Å². The third-order valence-corrected chi connectivity index (χ3v) is 21.7. The molecule has 442 valence electrons. The lowest BCUT2D eigenvalue weighted by Crippen LogP contribution is -2.69. The lowest BCUT2D eigenvalue weighted by atomic mass is 9.33. The molecule has 4 aliphatic heterocycles. The van der Waals surface area contributed by atoms with Crippen molar-refractivity contribution in [2.24, 2.45) is 50.2 Å². The first kappa shape index (κ1) is 59.9. The fourth-order valence-corrected chi connectivity index (χ4v) is 16.4. The molecule has 0 spiro atoms. The molecule has 0 aromatic heterocycles. The Labute approximate surface area is 447 Å². The molecule has 0 amide bonds. The maximum atomic E-state index is 12.6. The topological polar surface area (TPSA) is 394 Å². The van der Waals surface area contributed by atoms with Crippen molar-refractivity contribution in [3.63, 3.8) is 0 Å². The molecule has 24 nitrogen and oxygen atoms in total. The van der Waals surface area contributed by atoms with Gasteiger partial charge in [-0.2, -0.15) is 0 Å². The number of rotatable bonds is 12. The van der Waals surface area contributed by atoms with Crippen molar-refractivity contribution < 1.29 is 119 Å². The van der Waals surface area contributed by atoms with Crippen LogP contribution in [0.5, 0.6) is 0 Å². The molecular weight excluding hydrogens is 1020 g/mol. The van der Waals surface area contributed by atoms with Crippen LogP contribution in [0.25, 0.3) is 0 Å². The maximum absolute atomic E-state index is 12.6. The van der Waals surface area contributed by atoms with Crippen LogP contribution in [0.1, 0.15) is 99.8 Å². The van der Waals surface area contributed by atoms with E-state index in [0.717, 1.165) is 6.42 Å². The van der Waals surface area contributed by atoms with Crippen molar-refractivity contribution in [3.05, 3.63) is 11.6 Å². The summed E-state index contributed by atoms with van der Waals surface area (Å²) in [6.45, 7) is 12.2. The Morgan fingerprint density at radius 2 is 1.26 bits per heavy atom. The van der Waals surface area contributed by atoms with E-state index in [1.165, 1.54) is 12.5 Å². The van der Waals surface area contributed by atoms with E-state index in [9.17, 15) is 81.4 Å². The van der Waals surface area contributed by atoms with E-state index in [2.05, 4.69) is 26.8 Å². The molecule has 5 aliphatic carbocycles. The van der Waals surface area contributed by atoms with E-state index < -0.39 is 169 Å². The molecule has 0 bridgehead atoms. The van der Waals surface area contributed by atoms with Crippen LogP contribution in [0, 0.1) is 50.2 Å². The average Bonchev–Trinajstić information content (AvgIpc) is 3.57. The summed E-state index contributed by atoms with van der Waals surface area (Å²) >= 11 is 0. The van der Waals surface area contributed by atoms with Crippen molar-refractivity contribution in [2.45, 2.75) is 235 Å². The Morgan fingerprint density at radius 1 is 0.623 bits per heavy atom. The van der Waals surface area contributed by atoms with Gasteiger partial charge in [-0.1, -0.05) is 53.2 Å². The second-order valence-corrected chi connectivity index (χ2v) is 25.8. The maximum Gasteiger partial charge on any atom is 0.335 e. The van der Waals surface area contributed by atoms with Gasteiger partial charge in [0.2, 0.25) is 0 Å². The minimum Gasteiger partial charge on any atom is -0.479 e. The number of hydrogen-bond donors (Lipinski definition) is 15. The monoisotopic (exact) mass is 1110 g/mol. The molecule has 4 heterocycles. The normalized spacial score (nSPS) is 56.9. The first-order chi connectivity index (χ1) is 36.0. The zero-order valence-corrected chi connectivity index (χ0v) is 44.9. The quantitative estimate of drug-likeness (QED) is 0.0689. The molecule has 0 aromatic rings.